The van der Waals surface area contributed by atoms with Gasteiger partial charge in [0.2, 0.25) is 15.9 Å². The van der Waals surface area contributed by atoms with E-state index in [4.69, 9.17) is 32.7 Å². The van der Waals surface area contributed by atoms with Gasteiger partial charge in [-0.1, -0.05) is 151 Å². The zero-order chi connectivity index (χ0) is 40.8. The van der Waals surface area contributed by atoms with Crippen LogP contribution in [-0.2, 0) is 50.4 Å². The number of carbonyl (C=O) groups is 1. The Bertz CT molecular complexity index is 2430. The number of sulfonamides is 1. The number of imidazole rings is 1. The number of aromatic nitrogens is 2. The third kappa shape index (κ3) is 9.70. The monoisotopic (exact) mass is 838 g/mol. The van der Waals surface area contributed by atoms with Gasteiger partial charge in [0, 0.05) is 18.0 Å². The Morgan fingerprint density at radius 3 is 2.19 bits per heavy atom. The topological polar surface area (TPSA) is 132 Å². The summed E-state index contributed by atoms with van der Waals surface area (Å²) in [6.07, 6.45) is 0.405. The van der Waals surface area contributed by atoms with Crippen LogP contribution >= 0.6 is 23.2 Å². The Morgan fingerprint density at radius 1 is 0.845 bits per heavy atom. The molecule has 1 amide bonds. The highest BCUT2D eigenvalue weighted by Crippen LogP contribution is 2.43. The van der Waals surface area contributed by atoms with Crippen molar-refractivity contribution in [3.05, 3.63) is 177 Å². The summed E-state index contributed by atoms with van der Waals surface area (Å²) < 4.78 is 44.5. The largest absolute Gasteiger partial charge is 0.392 e. The molecule has 1 saturated heterocycles. The maximum atomic E-state index is 13.8. The van der Waals surface area contributed by atoms with Gasteiger partial charge in [-0.3, -0.25) is 4.79 Å². The Kier molecular flexibility index (Phi) is 13.1. The van der Waals surface area contributed by atoms with E-state index < -0.39 is 28.3 Å². The quantitative estimate of drug-likeness (QED) is 0.101. The van der Waals surface area contributed by atoms with E-state index in [1.807, 2.05) is 110 Å². The molecule has 2 heterocycles. The van der Waals surface area contributed by atoms with Crippen LogP contribution < -0.4 is 10.0 Å². The van der Waals surface area contributed by atoms with Crippen LogP contribution in [0.4, 0.5) is 0 Å². The lowest BCUT2D eigenvalue weighted by Gasteiger charge is -2.41. The third-order valence-electron chi connectivity index (χ3n) is 10.4. The first kappa shape index (κ1) is 41.3. The second kappa shape index (κ2) is 18.4. The number of benzene rings is 5. The molecule has 0 spiro atoms. The van der Waals surface area contributed by atoms with Gasteiger partial charge in [0.1, 0.15) is 11.2 Å². The number of aryl methyl sites for hydroxylation is 1. The van der Waals surface area contributed by atoms with Crippen molar-refractivity contribution in [2.75, 3.05) is 0 Å². The number of nitrogens with zero attached hydrogens (tertiary/aromatic N) is 2. The van der Waals surface area contributed by atoms with E-state index in [0.29, 0.717) is 11.7 Å². The summed E-state index contributed by atoms with van der Waals surface area (Å²) in [7, 11) is -3.99. The number of rotatable bonds is 14. The van der Waals surface area contributed by atoms with Gasteiger partial charge in [0.25, 0.3) is 0 Å². The van der Waals surface area contributed by atoms with Crippen molar-refractivity contribution in [3.63, 3.8) is 0 Å². The van der Waals surface area contributed by atoms with Crippen LogP contribution in [0.5, 0.6) is 0 Å². The van der Waals surface area contributed by atoms with Crippen LogP contribution in [0.2, 0.25) is 10.3 Å². The zero-order valence-corrected chi connectivity index (χ0v) is 34.3. The smallest absolute Gasteiger partial charge is 0.241 e. The summed E-state index contributed by atoms with van der Waals surface area (Å²) in [5, 5.41) is 13.2. The molecule has 7 rings (SSSR count). The van der Waals surface area contributed by atoms with E-state index in [9.17, 15) is 18.3 Å². The fourth-order valence-corrected chi connectivity index (χ4v) is 8.59. The molecule has 1 aliphatic heterocycles. The van der Waals surface area contributed by atoms with Gasteiger partial charge in [0.15, 0.2) is 11.4 Å². The molecular weight excluding hydrogens is 795 g/mol. The van der Waals surface area contributed by atoms with Gasteiger partial charge in [-0.2, -0.15) is 4.72 Å². The maximum Gasteiger partial charge on any atom is 0.241 e. The molecule has 6 aromatic rings. The fourth-order valence-electron chi connectivity index (χ4n) is 7.08. The lowest BCUT2D eigenvalue weighted by Crippen LogP contribution is -2.47. The molecule has 0 unspecified atom stereocenters. The minimum Gasteiger partial charge on any atom is -0.392 e. The molecule has 300 valence electrons. The Balaban J connectivity index is 1.09. The van der Waals surface area contributed by atoms with Gasteiger partial charge in [-0.25, -0.2) is 13.4 Å². The molecule has 5 atom stereocenters. The number of hydrogen-bond acceptors (Lipinski definition) is 7. The van der Waals surface area contributed by atoms with Gasteiger partial charge in [-0.05, 0) is 58.9 Å². The first-order chi connectivity index (χ1) is 28.0. The molecule has 3 N–H and O–H groups in total. The van der Waals surface area contributed by atoms with Crippen molar-refractivity contribution >= 4 is 39.1 Å². The number of nitrogens with one attached hydrogen (secondary N) is 2. The summed E-state index contributed by atoms with van der Waals surface area (Å²) in [6, 6.07) is 38.1. The molecule has 58 heavy (non-hydrogen) atoms. The molecule has 10 nitrogen and oxygen atoms in total. The minimum atomic E-state index is -3.99. The molecule has 13 heteroatoms. The standard InChI is InChI=1S/C45H44Cl2N4O6S/c1-29-12-22-37(23-13-29)58(54,55)50-39(24-31-8-4-3-5-9-31)44(53)48-25-36-10-6-7-11-38(36)33-18-20-35(21-19-33)45-56-40(26-51-28-49-42(46)43(51)47)30(2)41(57-45)34-16-14-32(27-52)15-17-34/h3-23,28,30,39-41,45,50,52H,24-27H2,1-2H3,(H,48,53)/t30-,39+,40+,41+,45+/m0/s1. The number of amides is 1. The lowest BCUT2D eigenvalue weighted by molar-refractivity contribution is -0.276. The SMILES string of the molecule is Cc1ccc(S(=O)(=O)N[C@H](Cc2ccccc2)C(=O)NCc2ccccc2-c2ccc([C@@H]3O[C@H](Cn4cnc(Cl)c4Cl)[C@H](C)[C@H](c4ccc(CO)cc4)O3)cc2)cc1. The van der Waals surface area contributed by atoms with Crippen molar-refractivity contribution in [1.29, 1.82) is 0 Å². The van der Waals surface area contributed by atoms with Crippen LogP contribution in [-0.4, -0.2) is 41.1 Å². The van der Waals surface area contributed by atoms with Crippen molar-refractivity contribution in [3.8, 4) is 11.1 Å². The predicted molar refractivity (Wildman–Crippen MR) is 224 cm³/mol. The van der Waals surface area contributed by atoms with Gasteiger partial charge in [0.05, 0.1) is 36.6 Å². The number of ether oxygens (including phenoxy) is 2. The normalized spacial score (nSPS) is 18.8. The van der Waals surface area contributed by atoms with Crippen molar-refractivity contribution in [2.24, 2.45) is 5.92 Å². The van der Waals surface area contributed by atoms with E-state index in [0.717, 1.165) is 44.5 Å². The summed E-state index contributed by atoms with van der Waals surface area (Å²) >= 11 is 12.6. The number of halogens is 2. The highest BCUT2D eigenvalue weighted by Gasteiger charge is 2.39. The number of hydrogen-bond donors (Lipinski definition) is 3. The van der Waals surface area contributed by atoms with Crippen molar-refractivity contribution in [2.45, 2.75) is 69.4 Å². The number of aliphatic hydroxyl groups excluding tert-OH is 1. The summed E-state index contributed by atoms with van der Waals surface area (Å²) in [5.41, 5.74) is 6.99. The first-order valence-electron chi connectivity index (χ1n) is 18.9. The van der Waals surface area contributed by atoms with Gasteiger partial charge >= 0.3 is 0 Å². The molecule has 1 aliphatic rings. The average Bonchev–Trinajstić information content (AvgIpc) is 3.56. The molecule has 0 bridgehead atoms. The maximum absolute atomic E-state index is 13.8. The van der Waals surface area contributed by atoms with Crippen molar-refractivity contribution < 1.29 is 27.8 Å². The average molecular weight is 840 g/mol. The minimum absolute atomic E-state index is 0.0533. The second-order valence-electron chi connectivity index (χ2n) is 14.5. The molecule has 0 radical (unpaired) electrons. The molecule has 1 aromatic heterocycles. The van der Waals surface area contributed by atoms with Crippen molar-refractivity contribution in [1.82, 2.24) is 19.6 Å². The van der Waals surface area contributed by atoms with E-state index in [-0.39, 0.29) is 47.7 Å². The predicted octanol–water partition coefficient (Wildman–Crippen LogP) is 8.36. The summed E-state index contributed by atoms with van der Waals surface area (Å²) in [5.74, 6) is -0.528. The second-order valence-corrected chi connectivity index (χ2v) is 16.9. The number of aliphatic hydroxyl groups is 1. The van der Waals surface area contributed by atoms with Crippen LogP contribution in [0.3, 0.4) is 0 Å². The lowest BCUT2D eigenvalue weighted by atomic mass is 9.90. The van der Waals surface area contributed by atoms with E-state index in [2.05, 4.69) is 21.9 Å². The summed E-state index contributed by atoms with van der Waals surface area (Å²) in [6.45, 7) is 4.47. The van der Waals surface area contributed by atoms with Crippen LogP contribution in [0, 0.1) is 12.8 Å². The first-order valence-corrected chi connectivity index (χ1v) is 21.2. The van der Waals surface area contributed by atoms with Crippen LogP contribution in [0.25, 0.3) is 11.1 Å². The van der Waals surface area contributed by atoms with Crippen LogP contribution in [0.1, 0.15) is 52.7 Å². The number of carbonyl (C=O) groups excluding carboxylic acids is 1. The molecular formula is C45H44Cl2N4O6S. The molecule has 1 fully saturated rings. The molecule has 0 saturated carbocycles. The third-order valence-corrected chi connectivity index (χ3v) is 12.7. The van der Waals surface area contributed by atoms with E-state index in [1.165, 1.54) is 12.1 Å². The van der Waals surface area contributed by atoms with Gasteiger partial charge < -0.3 is 24.5 Å². The summed E-state index contributed by atoms with van der Waals surface area (Å²) in [4.78, 5) is 18.0. The van der Waals surface area contributed by atoms with E-state index >= 15 is 0 Å². The van der Waals surface area contributed by atoms with Crippen LogP contribution in [0.15, 0.2) is 139 Å². The Morgan fingerprint density at radius 2 is 1.52 bits per heavy atom. The highest BCUT2D eigenvalue weighted by molar-refractivity contribution is 7.89. The zero-order valence-electron chi connectivity index (χ0n) is 32.0. The molecule has 5 aromatic carbocycles. The van der Waals surface area contributed by atoms with Gasteiger partial charge in [-0.15, -0.1) is 0 Å². The Labute approximate surface area is 348 Å². The van der Waals surface area contributed by atoms with E-state index in [1.54, 1.807) is 23.0 Å². The Hall–Kier alpha value is -4.85. The highest BCUT2D eigenvalue weighted by atomic mass is 35.5. The molecule has 0 aliphatic carbocycles. The fraction of sp³-hybridized carbons (Fsp3) is 0.244.